The highest BCUT2D eigenvalue weighted by Gasteiger charge is 2.28. The van der Waals surface area contributed by atoms with Gasteiger partial charge >= 0.3 is 11.9 Å². The fourth-order valence-electron chi connectivity index (χ4n) is 2.82. The highest BCUT2D eigenvalue weighted by atomic mass is 32.1. The molecule has 2 heterocycles. The first kappa shape index (κ1) is 18.6. The SMILES string of the molecule is CN1CC[C@H]1COC(=O)C(NCc1ccc(C(=O)O)s1)c1ccccc1. The number of nitrogens with one attached hydrogen (secondary N) is 1. The summed E-state index contributed by atoms with van der Waals surface area (Å²) in [4.78, 5) is 26.9. The maximum Gasteiger partial charge on any atom is 0.345 e. The Hall–Kier alpha value is -2.22. The minimum Gasteiger partial charge on any atom is -0.477 e. The Bertz CT molecular complexity index is 762. The van der Waals surface area contributed by atoms with Gasteiger partial charge in [-0.2, -0.15) is 0 Å². The molecule has 0 aliphatic carbocycles. The average Bonchev–Trinajstić information content (AvgIpc) is 3.11. The lowest BCUT2D eigenvalue weighted by molar-refractivity contribution is -0.149. The van der Waals surface area contributed by atoms with Crippen molar-refractivity contribution in [2.24, 2.45) is 0 Å². The van der Waals surface area contributed by atoms with Crippen molar-refractivity contribution in [1.29, 1.82) is 0 Å². The molecule has 0 amide bonds. The minimum atomic E-state index is -0.940. The van der Waals surface area contributed by atoms with Crippen LogP contribution in [0.4, 0.5) is 0 Å². The number of thiophene rings is 1. The quantitative estimate of drug-likeness (QED) is 0.692. The van der Waals surface area contributed by atoms with Crippen LogP contribution < -0.4 is 5.32 Å². The number of rotatable bonds is 8. The first-order chi connectivity index (χ1) is 12.5. The molecule has 1 fully saturated rings. The van der Waals surface area contributed by atoms with Crippen molar-refractivity contribution in [3.8, 4) is 0 Å². The first-order valence-electron chi connectivity index (χ1n) is 8.52. The van der Waals surface area contributed by atoms with Crippen molar-refractivity contribution in [1.82, 2.24) is 10.2 Å². The molecule has 1 saturated heterocycles. The summed E-state index contributed by atoms with van der Waals surface area (Å²) in [5, 5.41) is 12.2. The van der Waals surface area contributed by atoms with Crippen molar-refractivity contribution in [3.05, 3.63) is 57.8 Å². The zero-order valence-corrected chi connectivity index (χ0v) is 15.4. The Balaban J connectivity index is 1.64. The fraction of sp³-hybridized carbons (Fsp3) is 0.368. The van der Waals surface area contributed by atoms with E-state index in [2.05, 4.69) is 10.2 Å². The lowest BCUT2D eigenvalue weighted by Crippen LogP contribution is -2.48. The van der Waals surface area contributed by atoms with E-state index in [0.717, 1.165) is 23.4 Å². The van der Waals surface area contributed by atoms with Gasteiger partial charge in [-0.25, -0.2) is 9.59 Å². The summed E-state index contributed by atoms with van der Waals surface area (Å²) in [7, 11) is 2.02. The Kier molecular flexibility index (Phi) is 6.03. The summed E-state index contributed by atoms with van der Waals surface area (Å²) >= 11 is 1.20. The summed E-state index contributed by atoms with van der Waals surface area (Å²) < 4.78 is 5.53. The van der Waals surface area contributed by atoms with Crippen LogP contribution in [0.1, 0.15) is 32.6 Å². The minimum absolute atomic E-state index is 0.286. The van der Waals surface area contributed by atoms with Crippen LogP contribution in [0, 0.1) is 0 Å². The number of likely N-dealkylation sites (N-methyl/N-ethyl adjacent to an activating group) is 1. The van der Waals surface area contributed by atoms with Gasteiger partial charge in [0.05, 0.1) is 0 Å². The molecule has 2 aromatic rings. The predicted molar refractivity (Wildman–Crippen MR) is 99.3 cm³/mol. The van der Waals surface area contributed by atoms with Gasteiger partial charge in [0, 0.05) is 17.5 Å². The van der Waals surface area contributed by atoms with E-state index in [9.17, 15) is 9.59 Å². The van der Waals surface area contributed by atoms with Gasteiger partial charge in [0.1, 0.15) is 17.5 Å². The molecule has 1 aromatic heterocycles. The van der Waals surface area contributed by atoms with Crippen LogP contribution in [-0.4, -0.2) is 48.2 Å². The molecule has 3 rings (SSSR count). The molecule has 0 radical (unpaired) electrons. The number of carbonyl (C=O) groups excluding carboxylic acids is 1. The molecule has 1 aliphatic rings. The highest BCUT2D eigenvalue weighted by molar-refractivity contribution is 7.13. The van der Waals surface area contributed by atoms with Crippen LogP contribution in [0.25, 0.3) is 0 Å². The van der Waals surface area contributed by atoms with Crippen LogP contribution in [0.2, 0.25) is 0 Å². The molecule has 0 bridgehead atoms. The van der Waals surface area contributed by atoms with E-state index in [4.69, 9.17) is 9.84 Å². The van der Waals surface area contributed by atoms with Crippen molar-refractivity contribution in [3.63, 3.8) is 0 Å². The van der Waals surface area contributed by atoms with E-state index in [-0.39, 0.29) is 10.8 Å². The van der Waals surface area contributed by atoms with Gasteiger partial charge < -0.3 is 9.84 Å². The van der Waals surface area contributed by atoms with Crippen LogP contribution in [0.15, 0.2) is 42.5 Å². The molecule has 1 unspecified atom stereocenters. The number of carbonyl (C=O) groups is 2. The van der Waals surface area contributed by atoms with Gasteiger partial charge in [0.25, 0.3) is 0 Å². The monoisotopic (exact) mass is 374 g/mol. The van der Waals surface area contributed by atoms with Gasteiger partial charge in [-0.15, -0.1) is 11.3 Å². The van der Waals surface area contributed by atoms with Crippen molar-refractivity contribution in [2.45, 2.75) is 25.0 Å². The third-order valence-corrected chi connectivity index (χ3v) is 5.65. The molecule has 2 N–H and O–H groups in total. The van der Waals surface area contributed by atoms with E-state index in [0.29, 0.717) is 19.2 Å². The molecule has 1 aromatic carbocycles. The summed E-state index contributed by atoms with van der Waals surface area (Å²) in [5.74, 6) is -1.25. The number of aromatic carboxylic acids is 1. The molecule has 0 saturated carbocycles. The van der Waals surface area contributed by atoms with E-state index >= 15 is 0 Å². The normalized spacial score (nSPS) is 18.1. The maximum absolute atomic E-state index is 12.6. The topological polar surface area (TPSA) is 78.9 Å². The van der Waals surface area contributed by atoms with Gasteiger partial charge in [-0.3, -0.25) is 10.2 Å². The van der Waals surface area contributed by atoms with E-state index in [1.54, 1.807) is 12.1 Å². The van der Waals surface area contributed by atoms with Crippen LogP contribution >= 0.6 is 11.3 Å². The zero-order chi connectivity index (χ0) is 18.5. The average molecular weight is 374 g/mol. The van der Waals surface area contributed by atoms with Gasteiger partial charge in [0.15, 0.2) is 0 Å². The number of carboxylic acids is 1. The lowest BCUT2D eigenvalue weighted by Gasteiger charge is -2.37. The second kappa shape index (κ2) is 8.44. The molecular weight excluding hydrogens is 352 g/mol. The van der Waals surface area contributed by atoms with E-state index in [1.165, 1.54) is 11.3 Å². The van der Waals surface area contributed by atoms with Gasteiger partial charge in [-0.1, -0.05) is 30.3 Å². The number of benzene rings is 1. The first-order valence-corrected chi connectivity index (χ1v) is 9.33. The summed E-state index contributed by atoms with van der Waals surface area (Å²) in [6, 6.07) is 12.5. The second-order valence-corrected chi connectivity index (χ2v) is 7.52. The standard InChI is InChI=1S/C19H22N2O4S/c1-21-10-9-14(21)12-25-19(24)17(13-5-3-2-4-6-13)20-11-15-7-8-16(26-15)18(22)23/h2-8,14,17,20H,9-12H2,1H3,(H,22,23)/t14-,17?/m0/s1. The van der Waals surface area contributed by atoms with Crippen LogP contribution in [0.3, 0.4) is 0 Å². The Morgan fingerprint density at radius 3 is 2.65 bits per heavy atom. The Morgan fingerprint density at radius 2 is 2.08 bits per heavy atom. The Morgan fingerprint density at radius 1 is 1.31 bits per heavy atom. The molecule has 138 valence electrons. The van der Waals surface area contributed by atoms with Gasteiger partial charge in [0.2, 0.25) is 0 Å². The molecule has 6 nitrogen and oxygen atoms in total. The molecular formula is C19H22N2O4S. The third-order valence-electron chi connectivity index (χ3n) is 4.58. The largest absolute Gasteiger partial charge is 0.477 e. The summed E-state index contributed by atoms with van der Waals surface area (Å²) in [5.41, 5.74) is 0.828. The van der Waals surface area contributed by atoms with Crippen molar-refractivity contribution >= 4 is 23.3 Å². The van der Waals surface area contributed by atoms with E-state index < -0.39 is 12.0 Å². The van der Waals surface area contributed by atoms with E-state index in [1.807, 2.05) is 37.4 Å². The van der Waals surface area contributed by atoms with Crippen molar-refractivity contribution < 1.29 is 19.4 Å². The number of hydrogen-bond donors (Lipinski definition) is 2. The van der Waals surface area contributed by atoms with Crippen LogP contribution in [0.5, 0.6) is 0 Å². The number of hydrogen-bond acceptors (Lipinski definition) is 6. The molecule has 7 heteroatoms. The zero-order valence-electron chi connectivity index (χ0n) is 14.6. The summed E-state index contributed by atoms with van der Waals surface area (Å²) in [6.45, 7) is 1.82. The van der Waals surface area contributed by atoms with Crippen molar-refractivity contribution in [2.75, 3.05) is 20.2 Å². The lowest BCUT2D eigenvalue weighted by atomic mass is 10.1. The number of nitrogens with zero attached hydrogens (tertiary/aromatic N) is 1. The summed E-state index contributed by atoms with van der Waals surface area (Å²) in [6.07, 6.45) is 1.04. The number of ether oxygens (including phenoxy) is 1. The highest BCUT2D eigenvalue weighted by Crippen LogP contribution is 2.21. The Labute approximate surface area is 156 Å². The molecule has 26 heavy (non-hydrogen) atoms. The second-order valence-electron chi connectivity index (χ2n) is 6.35. The molecule has 2 atom stereocenters. The fourth-order valence-corrected chi connectivity index (χ4v) is 3.61. The third kappa shape index (κ3) is 4.49. The molecule has 1 aliphatic heterocycles. The van der Waals surface area contributed by atoms with Crippen LogP contribution in [-0.2, 0) is 16.1 Å². The number of esters is 1. The van der Waals surface area contributed by atoms with Gasteiger partial charge in [-0.05, 0) is 37.7 Å². The number of likely N-dealkylation sites (tertiary alicyclic amines) is 1. The number of carboxylic acid groups (broad SMARTS) is 1. The smallest absolute Gasteiger partial charge is 0.345 e. The molecule has 0 spiro atoms. The predicted octanol–water partition coefficient (Wildman–Crippen LogP) is 2.52. The maximum atomic E-state index is 12.6.